The highest BCUT2D eigenvalue weighted by Gasteiger charge is 2.80. The minimum atomic E-state index is -6.49. The molecule has 11 heteroatoms. The van der Waals surface area contributed by atoms with Crippen molar-refractivity contribution in [3.63, 3.8) is 0 Å². The summed E-state index contributed by atoms with van der Waals surface area (Å²) in [6, 6.07) is 0. The van der Waals surface area contributed by atoms with E-state index >= 15 is 0 Å². The Morgan fingerprint density at radius 2 is 1.37 bits per heavy atom. The largest absolute Gasteiger partial charge is 0.456 e. The number of unbranched alkanes of at least 4 members (excludes halogenated alkanes) is 4. The van der Waals surface area contributed by atoms with Crippen molar-refractivity contribution in [3.05, 3.63) is 12.2 Å². The van der Waals surface area contributed by atoms with Crippen molar-refractivity contribution in [2.45, 2.75) is 69.1 Å². The molecule has 0 aromatic rings. The summed E-state index contributed by atoms with van der Waals surface area (Å²) in [5, 5.41) is 8.51. The van der Waals surface area contributed by atoms with Gasteiger partial charge in [-0.05, 0) is 6.42 Å². The summed E-state index contributed by atoms with van der Waals surface area (Å²) in [5.41, 5.74) is -0.807. The lowest BCUT2D eigenvalue weighted by molar-refractivity contribution is -0.371. The van der Waals surface area contributed by atoms with Gasteiger partial charge in [-0.1, -0.05) is 39.2 Å². The summed E-state index contributed by atoms with van der Waals surface area (Å²) >= 11 is 0. The van der Waals surface area contributed by atoms with E-state index in [4.69, 9.17) is 5.11 Å². The highest BCUT2D eigenvalue weighted by Crippen LogP contribution is 2.54. The third kappa shape index (κ3) is 6.05. The molecule has 160 valence electrons. The molecule has 0 aliphatic heterocycles. The van der Waals surface area contributed by atoms with Crippen LogP contribution in [0.2, 0.25) is 0 Å². The Bertz CT molecular complexity index is 506. The van der Waals surface area contributed by atoms with Crippen LogP contribution < -0.4 is 0 Å². The molecule has 0 atom stereocenters. The average Bonchev–Trinajstić information content (AvgIpc) is 2.58. The molecule has 0 saturated carbocycles. The van der Waals surface area contributed by atoms with Crippen LogP contribution in [0.25, 0.3) is 0 Å². The van der Waals surface area contributed by atoms with Crippen molar-refractivity contribution >= 4 is 5.97 Å². The van der Waals surface area contributed by atoms with Gasteiger partial charge in [0.05, 0.1) is 12.2 Å². The van der Waals surface area contributed by atoms with Crippen molar-refractivity contribution in [2.24, 2.45) is 0 Å². The summed E-state index contributed by atoms with van der Waals surface area (Å²) in [6.45, 7) is 1.01. The van der Waals surface area contributed by atoms with Crippen LogP contribution in [0.15, 0.2) is 12.2 Å². The topological polar surface area (TPSA) is 46.5 Å². The molecular weight excluding hydrogens is 392 g/mol. The Kier molecular flexibility index (Phi) is 9.20. The van der Waals surface area contributed by atoms with Gasteiger partial charge in [-0.25, -0.2) is 4.79 Å². The first kappa shape index (κ1) is 25.6. The van der Waals surface area contributed by atoms with E-state index in [-0.39, 0.29) is 6.42 Å². The van der Waals surface area contributed by atoms with Crippen molar-refractivity contribution < 1.29 is 49.8 Å². The number of hydrogen-bond donors (Lipinski definition) is 1. The Morgan fingerprint density at radius 3 is 1.85 bits per heavy atom. The van der Waals surface area contributed by atoms with Crippen LogP contribution in [0, 0.1) is 0 Å². The van der Waals surface area contributed by atoms with Gasteiger partial charge >= 0.3 is 29.7 Å². The van der Waals surface area contributed by atoms with Gasteiger partial charge in [0.2, 0.25) is 0 Å². The number of ether oxygens (including phenoxy) is 1. The first-order valence-electron chi connectivity index (χ1n) is 8.15. The van der Waals surface area contributed by atoms with Gasteiger partial charge < -0.3 is 9.84 Å². The zero-order valence-corrected chi connectivity index (χ0v) is 14.7. The van der Waals surface area contributed by atoms with E-state index in [9.17, 15) is 39.9 Å². The third-order valence-corrected chi connectivity index (χ3v) is 3.77. The number of hydrogen-bond acceptors (Lipinski definition) is 3. The first-order valence-corrected chi connectivity index (χ1v) is 8.15. The number of carbonyl (C=O) groups excluding carboxylic acids is 1. The van der Waals surface area contributed by atoms with Crippen LogP contribution in [0.5, 0.6) is 0 Å². The normalized spacial score (nSPS) is 13.6. The van der Waals surface area contributed by atoms with Gasteiger partial charge in [0.1, 0.15) is 0 Å². The second kappa shape index (κ2) is 9.70. The molecule has 0 fully saturated rings. The van der Waals surface area contributed by atoms with Crippen LogP contribution >= 0.6 is 0 Å². The number of halogens is 8. The molecule has 0 saturated heterocycles. The predicted octanol–water partition coefficient (Wildman–Crippen LogP) is 4.98. The highest BCUT2D eigenvalue weighted by molar-refractivity contribution is 5.87. The van der Waals surface area contributed by atoms with E-state index in [1.165, 1.54) is 0 Å². The van der Waals surface area contributed by atoms with Crippen molar-refractivity contribution in [3.8, 4) is 0 Å². The summed E-state index contributed by atoms with van der Waals surface area (Å²) in [6.07, 6.45) is -0.428. The molecule has 0 bridgehead atoms. The van der Waals surface area contributed by atoms with Crippen molar-refractivity contribution in [1.29, 1.82) is 0 Å². The maximum atomic E-state index is 13.6. The molecule has 0 amide bonds. The zero-order valence-electron chi connectivity index (χ0n) is 14.7. The monoisotopic (exact) mass is 414 g/mol. The van der Waals surface area contributed by atoms with E-state index < -0.39 is 61.3 Å². The van der Waals surface area contributed by atoms with Crippen LogP contribution in [-0.2, 0) is 9.53 Å². The number of carbonyl (C=O) groups is 1. The third-order valence-electron chi connectivity index (χ3n) is 3.77. The number of esters is 1. The van der Waals surface area contributed by atoms with Gasteiger partial charge in [-0.15, -0.1) is 0 Å². The number of aliphatic hydroxyl groups excluding tert-OH is 1. The molecule has 0 rings (SSSR count). The van der Waals surface area contributed by atoms with Crippen molar-refractivity contribution in [2.75, 3.05) is 13.2 Å². The standard InChI is InChI=1S/C16H22F8O3/c1-3-4-5-6-7-8-13(17,18)15(21,22)16(23,24)14(19,20)10-27-12(26)11(2)9-25/h25H,2-10H2,1H3. The molecule has 0 aliphatic rings. The zero-order chi connectivity index (χ0) is 21.5. The minimum absolute atomic E-state index is 0.0579. The number of rotatable bonds is 13. The van der Waals surface area contributed by atoms with Crippen LogP contribution in [0.4, 0.5) is 35.1 Å². The number of alkyl halides is 8. The molecule has 0 unspecified atom stereocenters. The van der Waals surface area contributed by atoms with Gasteiger partial charge in [0, 0.05) is 6.42 Å². The van der Waals surface area contributed by atoms with Gasteiger partial charge in [0.25, 0.3) is 0 Å². The molecule has 0 spiro atoms. The summed E-state index contributed by atoms with van der Waals surface area (Å²) in [7, 11) is 0. The Balaban J connectivity index is 5.18. The summed E-state index contributed by atoms with van der Waals surface area (Å²) in [4.78, 5) is 11.0. The predicted molar refractivity (Wildman–Crippen MR) is 80.3 cm³/mol. The van der Waals surface area contributed by atoms with Crippen LogP contribution in [0.3, 0.4) is 0 Å². The lowest BCUT2D eigenvalue weighted by Gasteiger charge is -2.36. The second-order valence-electron chi connectivity index (χ2n) is 6.06. The number of aliphatic hydroxyl groups is 1. The maximum Gasteiger partial charge on any atom is 0.381 e. The Morgan fingerprint density at radius 1 is 0.889 bits per heavy atom. The van der Waals surface area contributed by atoms with E-state index in [1.807, 2.05) is 0 Å². The molecule has 3 nitrogen and oxygen atoms in total. The van der Waals surface area contributed by atoms with E-state index in [1.54, 1.807) is 6.92 Å². The fraction of sp³-hybridized carbons (Fsp3) is 0.812. The molecule has 0 aromatic carbocycles. The smallest absolute Gasteiger partial charge is 0.381 e. The Hall–Kier alpha value is -1.39. The van der Waals surface area contributed by atoms with E-state index in [0.717, 1.165) is 6.42 Å². The molecule has 0 radical (unpaired) electrons. The highest BCUT2D eigenvalue weighted by atomic mass is 19.4. The average molecular weight is 414 g/mol. The maximum absolute atomic E-state index is 13.6. The lowest BCUT2D eigenvalue weighted by Crippen LogP contribution is -2.63. The molecule has 27 heavy (non-hydrogen) atoms. The van der Waals surface area contributed by atoms with Crippen LogP contribution in [0.1, 0.15) is 45.4 Å². The van der Waals surface area contributed by atoms with Gasteiger partial charge in [-0.3, -0.25) is 0 Å². The molecule has 0 aliphatic carbocycles. The fourth-order valence-electron chi connectivity index (χ4n) is 1.98. The molecule has 1 N–H and O–H groups in total. The van der Waals surface area contributed by atoms with Crippen LogP contribution in [-0.4, -0.2) is 48.0 Å². The quantitative estimate of drug-likeness (QED) is 0.200. The molecule has 0 heterocycles. The Labute approximate surface area is 151 Å². The van der Waals surface area contributed by atoms with Gasteiger partial charge in [0.15, 0.2) is 6.61 Å². The van der Waals surface area contributed by atoms with Crippen molar-refractivity contribution in [1.82, 2.24) is 0 Å². The minimum Gasteiger partial charge on any atom is -0.456 e. The second-order valence-corrected chi connectivity index (χ2v) is 6.06. The van der Waals surface area contributed by atoms with E-state index in [2.05, 4.69) is 11.3 Å². The molecular formula is C16H22F8O3. The summed E-state index contributed by atoms with van der Waals surface area (Å²) < 4.78 is 112. The lowest BCUT2D eigenvalue weighted by atomic mass is 9.95. The summed E-state index contributed by atoms with van der Waals surface area (Å²) in [5.74, 6) is -25.8. The van der Waals surface area contributed by atoms with E-state index in [0.29, 0.717) is 12.8 Å². The molecule has 0 aromatic heterocycles. The van der Waals surface area contributed by atoms with Gasteiger partial charge in [-0.2, -0.15) is 35.1 Å². The fourth-order valence-corrected chi connectivity index (χ4v) is 1.98. The first-order chi connectivity index (χ1) is 12.2. The SMILES string of the molecule is C=C(CO)C(=O)OCC(F)(F)C(F)(F)C(F)(F)C(F)(F)CCCCCCC.